The van der Waals surface area contributed by atoms with Crippen molar-refractivity contribution in [1.29, 1.82) is 0 Å². The second kappa shape index (κ2) is 8.73. The Kier molecular flexibility index (Phi) is 6.28. The summed E-state index contributed by atoms with van der Waals surface area (Å²) in [6.07, 6.45) is -4.85. The maximum Gasteiger partial charge on any atom is 0.434 e. The van der Waals surface area contributed by atoms with Gasteiger partial charge in [0.2, 0.25) is 5.88 Å². The quantitative estimate of drug-likeness (QED) is 0.486. The number of hydrogen-bond donors (Lipinski definition) is 4. The minimum absolute atomic E-state index is 0.0234. The molecule has 4 atom stereocenters. The van der Waals surface area contributed by atoms with E-state index in [1.807, 2.05) is 0 Å². The van der Waals surface area contributed by atoms with Crippen LogP contribution in [0.4, 0.5) is 19.0 Å². The molecule has 2 aromatic heterocycles. The van der Waals surface area contributed by atoms with Gasteiger partial charge >= 0.3 is 12.1 Å². The SMILES string of the molecule is O=C(O)c1cnc(OC[C@H]2OC[C@H](Nc3cncc(C(F)(F)F)n3)[C@@H](O)[C@H]2O)cn1. The number of carboxylic acid groups (broad SMARTS) is 1. The van der Waals surface area contributed by atoms with Crippen LogP contribution in [0, 0.1) is 0 Å². The molecule has 0 aliphatic carbocycles. The number of carbonyl (C=O) groups is 1. The standard InChI is InChI=1S/C16H16F3N5O6/c17-16(18,19)10-2-20-3-11(24-10)23-8-5-29-9(14(26)13(8)25)6-30-12-4-21-7(1-22-12)15(27)28/h1-4,8-9,13-14,25-26H,5-6H2,(H,23,24)(H,27,28)/t8-,9+,13+,14-/m0/s1. The molecule has 14 heteroatoms. The molecule has 0 unspecified atom stereocenters. The Hall–Kier alpha value is -3.10. The van der Waals surface area contributed by atoms with E-state index in [0.717, 1.165) is 18.6 Å². The molecule has 0 radical (unpaired) electrons. The fourth-order valence-corrected chi connectivity index (χ4v) is 2.59. The van der Waals surface area contributed by atoms with Crippen LogP contribution in [0.25, 0.3) is 0 Å². The maximum absolute atomic E-state index is 12.7. The van der Waals surface area contributed by atoms with Gasteiger partial charge in [-0.25, -0.2) is 19.7 Å². The molecular weight excluding hydrogens is 415 g/mol. The van der Waals surface area contributed by atoms with Gasteiger partial charge in [-0.1, -0.05) is 0 Å². The number of anilines is 1. The molecule has 2 aromatic rings. The first kappa shape index (κ1) is 21.6. The number of carboxylic acids is 1. The summed E-state index contributed by atoms with van der Waals surface area (Å²) in [7, 11) is 0. The number of ether oxygens (including phenoxy) is 2. The van der Waals surface area contributed by atoms with Crippen molar-refractivity contribution < 1.29 is 42.8 Å². The summed E-state index contributed by atoms with van der Waals surface area (Å²) in [6.45, 7) is -0.413. The summed E-state index contributed by atoms with van der Waals surface area (Å²) < 4.78 is 48.9. The van der Waals surface area contributed by atoms with E-state index in [-0.39, 0.29) is 30.6 Å². The monoisotopic (exact) mass is 431 g/mol. The van der Waals surface area contributed by atoms with Crippen LogP contribution in [0.2, 0.25) is 0 Å². The zero-order chi connectivity index (χ0) is 21.9. The molecule has 1 saturated heterocycles. The highest BCUT2D eigenvalue weighted by Gasteiger charge is 2.39. The lowest BCUT2D eigenvalue weighted by atomic mass is 9.98. The normalized spacial score (nSPS) is 24.3. The van der Waals surface area contributed by atoms with Crippen molar-refractivity contribution >= 4 is 11.8 Å². The molecule has 0 spiro atoms. The van der Waals surface area contributed by atoms with Crippen LogP contribution in [0.15, 0.2) is 24.8 Å². The van der Waals surface area contributed by atoms with Crippen molar-refractivity contribution in [2.45, 2.75) is 30.5 Å². The van der Waals surface area contributed by atoms with E-state index in [4.69, 9.17) is 14.6 Å². The van der Waals surface area contributed by atoms with Crippen LogP contribution in [-0.2, 0) is 10.9 Å². The predicted molar refractivity (Wildman–Crippen MR) is 90.7 cm³/mol. The summed E-state index contributed by atoms with van der Waals surface area (Å²) in [5.41, 5.74) is -1.49. The lowest BCUT2D eigenvalue weighted by Crippen LogP contribution is -2.57. The van der Waals surface area contributed by atoms with Crippen molar-refractivity contribution in [3.05, 3.63) is 36.2 Å². The van der Waals surface area contributed by atoms with Gasteiger partial charge in [-0.3, -0.25) is 4.98 Å². The van der Waals surface area contributed by atoms with E-state index < -0.39 is 42.2 Å². The third-order valence-corrected chi connectivity index (χ3v) is 4.13. The number of nitrogens with zero attached hydrogens (tertiary/aromatic N) is 4. The van der Waals surface area contributed by atoms with Gasteiger partial charge in [0, 0.05) is 0 Å². The average molecular weight is 431 g/mol. The molecule has 1 fully saturated rings. The second-order valence-electron chi connectivity index (χ2n) is 6.25. The van der Waals surface area contributed by atoms with E-state index >= 15 is 0 Å². The highest BCUT2D eigenvalue weighted by Crippen LogP contribution is 2.28. The van der Waals surface area contributed by atoms with Crippen LogP contribution in [0.5, 0.6) is 5.88 Å². The number of aliphatic hydroxyl groups excluding tert-OH is 2. The number of rotatable bonds is 6. The largest absolute Gasteiger partial charge is 0.476 e. The third-order valence-electron chi connectivity index (χ3n) is 4.13. The molecule has 0 aromatic carbocycles. The Morgan fingerprint density at radius 3 is 2.60 bits per heavy atom. The molecular formula is C16H16F3N5O6. The highest BCUT2D eigenvalue weighted by molar-refractivity contribution is 5.84. The van der Waals surface area contributed by atoms with Gasteiger partial charge in [0.15, 0.2) is 11.4 Å². The highest BCUT2D eigenvalue weighted by atomic mass is 19.4. The first-order valence-electron chi connectivity index (χ1n) is 8.47. The predicted octanol–water partition coefficient (Wildman–Crippen LogP) is -0.0363. The Morgan fingerprint density at radius 2 is 1.97 bits per heavy atom. The third kappa shape index (κ3) is 5.08. The fraction of sp³-hybridized carbons (Fsp3) is 0.438. The first-order valence-corrected chi connectivity index (χ1v) is 8.47. The lowest BCUT2D eigenvalue weighted by Gasteiger charge is -2.37. The van der Waals surface area contributed by atoms with Gasteiger partial charge < -0.3 is 30.1 Å². The number of nitrogens with one attached hydrogen (secondary N) is 1. The van der Waals surface area contributed by atoms with E-state index in [1.165, 1.54) is 0 Å². The van der Waals surface area contributed by atoms with Crippen molar-refractivity contribution in [2.75, 3.05) is 18.5 Å². The van der Waals surface area contributed by atoms with Gasteiger partial charge in [0.1, 0.15) is 30.7 Å². The minimum atomic E-state index is -4.68. The van der Waals surface area contributed by atoms with Crippen molar-refractivity contribution in [3.63, 3.8) is 0 Å². The second-order valence-corrected chi connectivity index (χ2v) is 6.25. The minimum Gasteiger partial charge on any atom is -0.476 e. The molecule has 1 aliphatic heterocycles. The Balaban J connectivity index is 1.57. The van der Waals surface area contributed by atoms with E-state index in [2.05, 4.69) is 25.3 Å². The molecule has 162 valence electrons. The summed E-state index contributed by atoms with van der Waals surface area (Å²) in [4.78, 5) is 24.9. The number of aromatic carboxylic acids is 1. The number of aliphatic hydroxyl groups is 2. The van der Waals surface area contributed by atoms with E-state index in [9.17, 15) is 28.2 Å². The van der Waals surface area contributed by atoms with E-state index in [0.29, 0.717) is 6.20 Å². The molecule has 4 N–H and O–H groups in total. The van der Waals surface area contributed by atoms with Crippen LogP contribution in [-0.4, -0.2) is 78.8 Å². The number of alkyl halides is 3. The number of aromatic nitrogens is 4. The van der Waals surface area contributed by atoms with Crippen molar-refractivity contribution in [2.24, 2.45) is 0 Å². The zero-order valence-corrected chi connectivity index (χ0v) is 15.0. The molecule has 0 bridgehead atoms. The van der Waals surface area contributed by atoms with Crippen molar-refractivity contribution in [3.8, 4) is 5.88 Å². The van der Waals surface area contributed by atoms with E-state index in [1.54, 1.807) is 0 Å². The van der Waals surface area contributed by atoms with Crippen LogP contribution in [0.1, 0.15) is 16.2 Å². The van der Waals surface area contributed by atoms with Gasteiger partial charge in [0.05, 0.1) is 37.4 Å². The average Bonchev–Trinajstić information content (AvgIpc) is 2.71. The van der Waals surface area contributed by atoms with Gasteiger partial charge in [-0.2, -0.15) is 13.2 Å². The van der Waals surface area contributed by atoms with Crippen LogP contribution in [0.3, 0.4) is 0 Å². The molecule has 0 saturated carbocycles. The van der Waals surface area contributed by atoms with Gasteiger partial charge in [-0.05, 0) is 0 Å². The lowest BCUT2D eigenvalue weighted by molar-refractivity contribution is -0.150. The summed E-state index contributed by atoms with van der Waals surface area (Å²) in [5.74, 6) is -1.52. The molecule has 0 amide bonds. The van der Waals surface area contributed by atoms with Crippen molar-refractivity contribution in [1.82, 2.24) is 19.9 Å². The number of hydrogen-bond acceptors (Lipinski definition) is 10. The number of halogens is 3. The zero-order valence-electron chi connectivity index (χ0n) is 15.0. The summed E-state index contributed by atoms with van der Waals surface area (Å²) >= 11 is 0. The Bertz CT molecular complexity index is 884. The van der Waals surface area contributed by atoms with Gasteiger partial charge in [-0.15, -0.1) is 0 Å². The van der Waals surface area contributed by atoms with Crippen LogP contribution >= 0.6 is 0 Å². The maximum atomic E-state index is 12.7. The Morgan fingerprint density at radius 1 is 1.20 bits per heavy atom. The summed E-state index contributed by atoms with van der Waals surface area (Å²) in [6, 6.07) is -0.955. The molecule has 3 rings (SSSR count). The molecule has 3 heterocycles. The summed E-state index contributed by atoms with van der Waals surface area (Å²) in [5, 5.41) is 31.8. The first-order chi connectivity index (χ1) is 14.1. The fourth-order valence-electron chi connectivity index (χ4n) is 2.59. The van der Waals surface area contributed by atoms with Gasteiger partial charge in [0.25, 0.3) is 0 Å². The van der Waals surface area contributed by atoms with Crippen LogP contribution < -0.4 is 10.1 Å². The molecule has 30 heavy (non-hydrogen) atoms. The smallest absolute Gasteiger partial charge is 0.434 e. The molecule has 11 nitrogen and oxygen atoms in total. The topological polar surface area (TPSA) is 160 Å². The Labute approximate surface area is 166 Å². The molecule has 1 aliphatic rings.